The summed E-state index contributed by atoms with van der Waals surface area (Å²) in [5, 5.41) is 3.91. The molecule has 1 amide bonds. The number of anilines is 1. The third-order valence-corrected chi connectivity index (χ3v) is 2.45. The van der Waals surface area contributed by atoms with Crippen molar-refractivity contribution >= 4 is 34.3 Å². The van der Waals surface area contributed by atoms with Crippen molar-refractivity contribution in [2.24, 2.45) is 0 Å². The fourth-order valence-electron chi connectivity index (χ4n) is 0.551. The molecule has 1 N–H and O–H groups in total. The summed E-state index contributed by atoms with van der Waals surface area (Å²) in [6, 6.07) is 0. The summed E-state index contributed by atoms with van der Waals surface area (Å²) >= 11 is 2.67. The van der Waals surface area contributed by atoms with Gasteiger partial charge in [-0.3, -0.25) is 4.79 Å². The van der Waals surface area contributed by atoms with Crippen molar-refractivity contribution in [1.29, 1.82) is 0 Å². The molecule has 66 valence electrons. The topological polar surface area (TPSA) is 54.9 Å². The molecule has 0 radical (unpaired) electrons. The van der Waals surface area contributed by atoms with E-state index in [2.05, 4.69) is 14.7 Å². The molecule has 0 spiro atoms. The van der Waals surface area contributed by atoms with Crippen molar-refractivity contribution in [1.82, 2.24) is 9.36 Å². The predicted molar refractivity (Wildman–Crippen MR) is 50.6 cm³/mol. The van der Waals surface area contributed by atoms with Gasteiger partial charge < -0.3 is 5.32 Å². The summed E-state index contributed by atoms with van der Waals surface area (Å²) in [6.45, 7) is 1.80. The van der Waals surface area contributed by atoms with Crippen LogP contribution < -0.4 is 5.32 Å². The molecule has 4 nitrogen and oxygen atoms in total. The molecule has 1 rings (SSSR count). The molecule has 0 saturated heterocycles. The number of amides is 1. The number of carbonyl (C=O) groups excluding carboxylic acids is 1. The van der Waals surface area contributed by atoms with Gasteiger partial charge in [0.2, 0.25) is 16.2 Å². The van der Waals surface area contributed by atoms with Crippen LogP contribution in [-0.2, 0) is 4.79 Å². The highest BCUT2D eigenvalue weighted by atomic mass is 32.2. The first kappa shape index (κ1) is 9.47. The van der Waals surface area contributed by atoms with Crippen LogP contribution in [-0.4, -0.2) is 21.5 Å². The smallest absolute Gasteiger partial charge is 0.225 e. The number of thioether (sulfide) groups is 1. The van der Waals surface area contributed by atoms with E-state index in [1.54, 1.807) is 6.92 Å². The molecule has 0 aliphatic rings. The Kier molecular flexibility index (Phi) is 3.48. The normalized spacial score (nSPS) is 9.83. The van der Waals surface area contributed by atoms with Crippen molar-refractivity contribution in [2.45, 2.75) is 18.5 Å². The van der Waals surface area contributed by atoms with E-state index in [4.69, 9.17) is 0 Å². The van der Waals surface area contributed by atoms with E-state index in [9.17, 15) is 4.79 Å². The number of hydrogen-bond acceptors (Lipinski definition) is 5. The van der Waals surface area contributed by atoms with Crippen LogP contribution in [0.25, 0.3) is 0 Å². The first-order chi connectivity index (χ1) is 5.76. The lowest BCUT2D eigenvalue weighted by Crippen LogP contribution is -2.08. The Bertz CT molecular complexity index is 274. The number of nitrogens with zero attached hydrogens (tertiary/aromatic N) is 2. The molecular weight excluding hydrogens is 194 g/mol. The number of nitrogens with one attached hydrogen (secondary N) is 1. The van der Waals surface area contributed by atoms with E-state index >= 15 is 0 Å². The second-order valence-electron chi connectivity index (χ2n) is 1.99. The average molecular weight is 203 g/mol. The van der Waals surface area contributed by atoms with Crippen LogP contribution in [0.4, 0.5) is 5.13 Å². The summed E-state index contributed by atoms with van der Waals surface area (Å²) in [6.07, 6.45) is 2.36. The fraction of sp³-hybridized carbons (Fsp3) is 0.500. The first-order valence-corrected chi connectivity index (χ1v) is 5.43. The number of rotatable bonds is 3. The lowest BCUT2D eigenvalue weighted by atomic mass is 10.5. The third kappa shape index (κ3) is 2.46. The van der Waals surface area contributed by atoms with E-state index in [1.807, 2.05) is 6.26 Å². The Hall–Kier alpha value is -0.620. The van der Waals surface area contributed by atoms with Crippen molar-refractivity contribution in [3.05, 3.63) is 0 Å². The molecule has 0 bridgehead atoms. The Morgan fingerprint density at radius 3 is 3.00 bits per heavy atom. The minimum absolute atomic E-state index is 0.0289. The standard InChI is InChI=1S/C6H9N3OS2/c1-3-4(10)7-5-8-6(11-2)9-12-5/h3H2,1-2H3,(H,7,8,9,10). The van der Waals surface area contributed by atoms with Gasteiger partial charge in [-0.25, -0.2) is 0 Å². The molecule has 1 heterocycles. The number of carbonyl (C=O) groups is 1. The quantitative estimate of drug-likeness (QED) is 0.758. The molecule has 6 heteroatoms. The Balaban J connectivity index is 2.58. The lowest BCUT2D eigenvalue weighted by molar-refractivity contribution is -0.115. The average Bonchev–Trinajstić information content (AvgIpc) is 2.52. The molecule has 0 aliphatic heterocycles. The monoisotopic (exact) mass is 203 g/mol. The summed E-state index contributed by atoms with van der Waals surface area (Å²) in [5.74, 6) is -0.0289. The molecule has 0 aliphatic carbocycles. The molecule has 0 saturated carbocycles. The zero-order valence-electron chi connectivity index (χ0n) is 6.83. The minimum atomic E-state index is -0.0289. The van der Waals surface area contributed by atoms with Gasteiger partial charge in [0.15, 0.2) is 0 Å². The minimum Gasteiger partial charge on any atom is -0.301 e. The van der Waals surface area contributed by atoms with Crippen LogP contribution in [0.5, 0.6) is 0 Å². The zero-order valence-corrected chi connectivity index (χ0v) is 8.46. The molecule has 0 unspecified atom stereocenters. The number of aromatic nitrogens is 2. The Morgan fingerprint density at radius 1 is 1.75 bits per heavy atom. The second-order valence-corrected chi connectivity index (χ2v) is 3.51. The van der Waals surface area contributed by atoms with Crippen molar-refractivity contribution in [3.8, 4) is 0 Å². The van der Waals surface area contributed by atoms with Gasteiger partial charge in [-0.1, -0.05) is 18.7 Å². The van der Waals surface area contributed by atoms with Gasteiger partial charge in [0.25, 0.3) is 0 Å². The molecule has 1 aromatic rings. The van der Waals surface area contributed by atoms with Crippen LogP contribution in [0.2, 0.25) is 0 Å². The Morgan fingerprint density at radius 2 is 2.50 bits per heavy atom. The van der Waals surface area contributed by atoms with E-state index in [-0.39, 0.29) is 5.91 Å². The van der Waals surface area contributed by atoms with Crippen LogP contribution >= 0.6 is 23.3 Å². The highest BCUT2D eigenvalue weighted by Gasteiger charge is 2.04. The van der Waals surface area contributed by atoms with E-state index < -0.39 is 0 Å². The highest BCUT2D eigenvalue weighted by Crippen LogP contribution is 2.17. The first-order valence-electron chi connectivity index (χ1n) is 3.43. The summed E-state index contributed by atoms with van der Waals surface area (Å²) in [7, 11) is 0. The highest BCUT2D eigenvalue weighted by molar-refractivity contribution is 7.98. The second kappa shape index (κ2) is 4.42. The molecule has 0 aromatic carbocycles. The Labute approximate surface area is 78.9 Å². The van der Waals surface area contributed by atoms with Gasteiger partial charge in [-0.05, 0) is 6.26 Å². The van der Waals surface area contributed by atoms with Crippen molar-refractivity contribution < 1.29 is 4.79 Å². The van der Waals surface area contributed by atoms with Gasteiger partial charge in [0, 0.05) is 18.0 Å². The van der Waals surface area contributed by atoms with Gasteiger partial charge in [0.1, 0.15) is 0 Å². The van der Waals surface area contributed by atoms with Gasteiger partial charge in [-0.2, -0.15) is 9.36 Å². The zero-order chi connectivity index (χ0) is 8.97. The van der Waals surface area contributed by atoms with E-state index in [0.29, 0.717) is 16.7 Å². The van der Waals surface area contributed by atoms with Crippen LogP contribution in [0.15, 0.2) is 5.16 Å². The molecule has 1 aromatic heterocycles. The molecule has 0 fully saturated rings. The maximum absolute atomic E-state index is 10.9. The van der Waals surface area contributed by atoms with Crippen LogP contribution in [0.3, 0.4) is 0 Å². The maximum atomic E-state index is 10.9. The predicted octanol–water partition coefficient (Wildman–Crippen LogP) is 1.61. The van der Waals surface area contributed by atoms with Gasteiger partial charge in [-0.15, -0.1) is 0 Å². The van der Waals surface area contributed by atoms with E-state index in [1.165, 1.54) is 23.3 Å². The summed E-state index contributed by atoms with van der Waals surface area (Å²) in [5.41, 5.74) is 0. The molecule has 12 heavy (non-hydrogen) atoms. The largest absolute Gasteiger partial charge is 0.301 e. The van der Waals surface area contributed by atoms with Gasteiger partial charge in [0.05, 0.1) is 0 Å². The molecular formula is C6H9N3OS2. The summed E-state index contributed by atoms with van der Waals surface area (Å²) in [4.78, 5) is 15.0. The van der Waals surface area contributed by atoms with Gasteiger partial charge >= 0.3 is 0 Å². The lowest BCUT2D eigenvalue weighted by Gasteiger charge is -1.94. The van der Waals surface area contributed by atoms with Crippen molar-refractivity contribution in [2.75, 3.05) is 11.6 Å². The summed E-state index contributed by atoms with van der Waals surface area (Å²) < 4.78 is 4.00. The van der Waals surface area contributed by atoms with E-state index in [0.717, 1.165) is 0 Å². The maximum Gasteiger partial charge on any atom is 0.225 e. The number of hydrogen-bond donors (Lipinski definition) is 1. The van der Waals surface area contributed by atoms with Crippen LogP contribution in [0.1, 0.15) is 13.3 Å². The third-order valence-electron chi connectivity index (χ3n) is 1.16. The SMILES string of the molecule is CCC(=O)Nc1nc(SC)ns1. The van der Waals surface area contributed by atoms with Crippen molar-refractivity contribution in [3.63, 3.8) is 0 Å². The van der Waals surface area contributed by atoms with Crippen LogP contribution in [0, 0.1) is 0 Å². The molecule has 0 atom stereocenters. The fourth-order valence-corrected chi connectivity index (χ4v) is 1.69.